The van der Waals surface area contributed by atoms with Crippen LogP contribution in [-0.4, -0.2) is 68.0 Å². The molecular weight excluding hydrogens is 744 g/mol. The number of piperidine rings is 3. The average molecular weight is 797 g/mol. The van der Waals surface area contributed by atoms with Crippen molar-refractivity contribution >= 4 is 22.5 Å². The lowest BCUT2D eigenvalue weighted by atomic mass is 9.85. The van der Waals surface area contributed by atoms with Gasteiger partial charge in [-0.1, -0.05) is 19.3 Å². The molecule has 3 aliphatic heterocycles. The number of amides is 1. The van der Waals surface area contributed by atoms with E-state index >= 15 is 0 Å². The fraction of sp³-hybridized carbons (Fsp3) is 0.476. The molecule has 0 radical (unpaired) electrons. The number of nitrogens with zero attached hydrogens (tertiary/aromatic N) is 3. The van der Waals surface area contributed by atoms with Crippen molar-refractivity contribution in [2.24, 2.45) is 5.92 Å². The van der Waals surface area contributed by atoms with Gasteiger partial charge in [0.1, 0.15) is 34.4 Å². The Morgan fingerprint density at radius 1 is 0.830 bits per heavy atom. The highest BCUT2D eigenvalue weighted by molar-refractivity contribution is 6.07. The second-order valence-electron chi connectivity index (χ2n) is 14.3. The van der Waals surface area contributed by atoms with Crippen LogP contribution in [0.4, 0.5) is 14.5 Å². The number of ether oxygens (including phenoxy) is 3. The Hall–Kier alpha value is -3.96. The van der Waals surface area contributed by atoms with Gasteiger partial charge >= 0.3 is 0 Å². The van der Waals surface area contributed by atoms with Gasteiger partial charge in [0, 0.05) is 54.1 Å². The van der Waals surface area contributed by atoms with Crippen molar-refractivity contribution in [1.82, 2.24) is 4.57 Å². The molecule has 7 rings (SSSR count). The number of pyridine rings is 1. The van der Waals surface area contributed by atoms with Crippen LogP contribution in [0.3, 0.4) is 0 Å². The van der Waals surface area contributed by atoms with Crippen LogP contribution < -0.4 is 41.5 Å². The van der Waals surface area contributed by atoms with Crippen LogP contribution in [0, 0.1) is 17.6 Å². The second-order valence-corrected chi connectivity index (χ2v) is 14.3. The Kier molecular flexibility index (Phi) is 14.0. The molecule has 3 saturated heterocycles. The molecule has 0 N–H and O–H groups in total. The monoisotopic (exact) mass is 795 g/mol. The standard InChI is InChI=1S/C42H52F2N3O5.BrH/c1-4-45(33-23-31(43)22-32(44)24-33)42(49)39-29-46(34-25-36(50-3)27-37(26-34)51-5-2)40-28-35(12-13-38(40)41(39)48)52-21-11-9-7-6-8-10-17-47-18-14-30(15-19-47)16-20-47;/h12-13,22-30H,4-11,14-21H2,1-3H3;1H/q+1;/p-1. The predicted molar refractivity (Wildman–Crippen MR) is 201 cm³/mol. The Balaban J connectivity index is 0.00000541. The van der Waals surface area contributed by atoms with Crippen LogP contribution in [0.15, 0.2) is 65.6 Å². The van der Waals surface area contributed by atoms with Gasteiger partial charge in [0.25, 0.3) is 5.91 Å². The zero-order valence-corrected chi connectivity index (χ0v) is 32.8. The van der Waals surface area contributed by atoms with Crippen LogP contribution >= 0.6 is 0 Å². The quantitative estimate of drug-likeness (QED) is 0.102. The first-order chi connectivity index (χ1) is 25.2. The number of rotatable bonds is 17. The van der Waals surface area contributed by atoms with E-state index in [1.807, 2.05) is 6.92 Å². The van der Waals surface area contributed by atoms with Gasteiger partial charge in [0.15, 0.2) is 0 Å². The number of carbonyl (C=O) groups excluding carboxylic acids is 1. The van der Waals surface area contributed by atoms with E-state index in [-0.39, 0.29) is 34.8 Å². The van der Waals surface area contributed by atoms with Crippen molar-refractivity contribution in [3.8, 4) is 22.9 Å². The smallest absolute Gasteiger partial charge is 0.263 e. The van der Waals surface area contributed by atoms with Crippen LogP contribution in [-0.2, 0) is 0 Å². The summed E-state index contributed by atoms with van der Waals surface area (Å²) >= 11 is 0. The number of anilines is 1. The Labute approximate surface area is 322 Å². The number of quaternary nitrogens is 1. The minimum atomic E-state index is -0.819. The van der Waals surface area contributed by atoms with Crippen molar-refractivity contribution in [1.29, 1.82) is 0 Å². The Morgan fingerprint density at radius 3 is 2.15 bits per heavy atom. The highest BCUT2D eigenvalue weighted by atomic mass is 79.9. The molecule has 11 heteroatoms. The summed E-state index contributed by atoms with van der Waals surface area (Å²) in [7, 11) is 1.55. The van der Waals surface area contributed by atoms with Crippen molar-refractivity contribution in [2.45, 2.75) is 71.6 Å². The van der Waals surface area contributed by atoms with Crippen LogP contribution in [0.5, 0.6) is 17.2 Å². The zero-order valence-electron chi connectivity index (χ0n) is 31.2. The van der Waals surface area contributed by atoms with Gasteiger partial charge in [-0.15, -0.1) is 0 Å². The zero-order chi connectivity index (χ0) is 36.7. The van der Waals surface area contributed by atoms with Crippen molar-refractivity contribution in [3.63, 3.8) is 0 Å². The van der Waals surface area contributed by atoms with E-state index in [4.69, 9.17) is 14.2 Å². The summed E-state index contributed by atoms with van der Waals surface area (Å²) in [6.07, 6.45) is 12.9. The molecule has 0 saturated carbocycles. The topological polar surface area (TPSA) is 70.0 Å². The molecule has 1 aromatic heterocycles. The first-order valence-corrected chi connectivity index (χ1v) is 19.0. The molecule has 3 aliphatic rings. The molecule has 53 heavy (non-hydrogen) atoms. The summed E-state index contributed by atoms with van der Waals surface area (Å²) in [4.78, 5) is 29.2. The summed E-state index contributed by atoms with van der Waals surface area (Å²) in [5.41, 5.74) is 0.483. The minimum absolute atomic E-state index is 0. The molecule has 8 nitrogen and oxygen atoms in total. The van der Waals surface area contributed by atoms with Gasteiger partial charge in [0.05, 0.1) is 57.7 Å². The van der Waals surface area contributed by atoms with Gasteiger partial charge in [-0.05, 0) is 82.6 Å². The summed E-state index contributed by atoms with van der Waals surface area (Å²) < 4.78 is 49.0. The predicted octanol–water partition coefficient (Wildman–Crippen LogP) is 5.70. The molecule has 0 unspecified atom stereocenters. The van der Waals surface area contributed by atoms with Crippen LogP contribution in [0.2, 0.25) is 0 Å². The third kappa shape index (κ3) is 9.59. The molecule has 286 valence electrons. The maximum Gasteiger partial charge on any atom is 0.263 e. The number of halogens is 3. The first-order valence-electron chi connectivity index (χ1n) is 19.0. The van der Waals surface area contributed by atoms with E-state index in [0.717, 1.165) is 37.0 Å². The number of hydrogen-bond donors (Lipinski definition) is 0. The van der Waals surface area contributed by atoms with Gasteiger partial charge in [-0.3, -0.25) is 9.59 Å². The third-order valence-electron chi connectivity index (χ3n) is 10.9. The minimum Gasteiger partial charge on any atom is -1.00 e. The maximum atomic E-state index is 14.2. The molecule has 0 aliphatic carbocycles. The lowest BCUT2D eigenvalue weighted by molar-refractivity contribution is -0.942. The highest BCUT2D eigenvalue weighted by Gasteiger charge is 2.38. The number of fused-ring (bicyclic) bond motifs is 4. The maximum absolute atomic E-state index is 14.2. The summed E-state index contributed by atoms with van der Waals surface area (Å²) in [5.74, 6) is 0.374. The number of carbonyl (C=O) groups is 1. The Morgan fingerprint density at radius 2 is 1.49 bits per heavy atom. The number of benzene rings is 3. The number of unbranched alkanes of at least 4 members (excludes halogenated alkanes) is 5. The lowest BCUT2D eigenvalue weighted by Crippen LogP contribution is -3.00. The van der Waals surface area contributed by atoms with E-state index in [0.29, 0.717) is 47.1 Å². The SMILES string of the molecule is CCOc1cc(OC)cc(-n2cc(C(=O)N(CC)c3cc(F)cc(F)c3)c(=O)c3ccc(OCCCCCCCC[N+]45CCC(CC4)CC5)cc32)c1.[Br-]. The molecule has 1 amide bonds. The average Bonchev–Trinajstić information content (AvgIpc) is 3.15. The molecule has 3 aromatic carbocycles. The van der Waals surface area contributed by atoms with E-state index in [2.05, 4.69) is 0 Å². The van der Waals surface area contributed by atoms with Gasteiger partial charge in [0.2, 0.25) is 5.43 Å². The lowest BCUT2D eigenvalue weighted by Gasteiger charge is -2.49. The third-order valence-corrected chi connectivity index (χ3v) is 10.9. The van der Waals surface area contributed by atoms with E-state index < -0.39 is 23.0 Å². The second kappa shape index (κ2) is 18.4. The molecule has 4 aromatic rings. The largest absolute Gasteiger partial charge is 1.00 e. The molecule has 3 fully saturated rings. The van der Waals surface area contributed by atoms with Crippen molar-refractivity contribution in [2.75, 3.05) is 57.9 Å². The van der Waals surface area contributed by atoms with Gasteiger partial charge in [-0.2, -0.15) is 0 Å². The molecule has 0 spiro atoms. The fourth-order valence-electron chi connectivity index (χ4n) is 8.03. The van der Waals surface area contributed by atoms with E-state index in [1.165, 1.54) is 86.7 Å². The van der Waals surface area contributed by atoms with Gasteiger partial charge in [-0.25, -0.2) is 8.78 Å². The van der Waals surface area contributed by atoms with Crippen LogP contribution in [0.1, 0.15) is 82.0 Å². The van der Waals surface area contributed by atoms with Gasteiger partial charge < -0.3 is 45.1 Å². The summed E-state index contributed by atoms with van der Waals surface area (Å²) in [6.45, 7) is 10.2. The molecule has 2 bridgehead atoms. The normalized spacial score (nSPS) is 17.7. The molecular formula is C42H52BrF2N3O5. The highest BCUT2D eigenvalue weighted by Crippen LogP contribution is 2.34. The number of methoxy groups -OCH3 is 1. The molecule has 0 atom stereocenters. The Bertz CT molecular complexity index is 1890. The van der Waals surface area contributed by atoms with E-state index in [9.17, 15) is 18.4 Å². The molecule has 4 heterocycles. The van der Waals surface area contributed by atoms with Crippen LogP contribution in [0.25, 0.3) is 16.6 Å². The first kappa shape index (κ1) is 40.2. The number of hydrogen-bond acceptors (Lipinski definition) is 5. The van der Waals surface area contributed by atoms with E-state index in [1.54, 1.807) is 55.0 Å². The fourth-order valence-corrected chi connectivity index (χ4v) is 8.03. The number of aromatic nitrogens is 1. The van der Waals surface area contributed by atoms with Crippen molar-refractivity contribution in [3.05, 3.63) is 88.2 Å². The summed E-state index contributed by atoms with van der Waals surface area (Å²) in [6, 6.07) is 13.4. The van der Waals surface area contributed by atoms with Crippen molar-refractivity contribution < 1.29 is 49.3 Å². The summed E-state index contributed by atoms with van der Waals surface area (Å²) in [5, 5.41) is 0.292.